The molecular formula is C17H15F2NO7S. The fraction of sp³-hybridized carbons (Fsp3) is 0.176. The van der Waals surface area contributed by atoms with Crippen LogP contribution in [0.15, 0.2) is 41.3 Å². The van der Waals surface area contributed by atoms with Crippen LogP contribution in [0.2, 0.25) is 0 Å². The van der Waals surface area contributed by atoms with Crippen molar-refractivity contribution in [2.24, 2.45) is 0 Å². The van der Waals surface area contributed by atoms with Crippen molar-refractivity contribution >= 4 is 27.6 Å². The van der Waals surface area contributed by atoms with Crippen molar-refractivity contribution in [3.63, 3.8) is 0 Å². The SMILES string of the molecule is O=C(O)CCCOc1ccc(S(=O)(=O)Nc2ccc(F)cc2C(=O)O)cc1F. The summed E-state index contributed by atoms with van der Waals surface area (Å²) in [6, 6.07) is 5.20. The van der Waals surface area contributed by atoms with Crippen molar-refractivity contribution < 1.29 is 41.7 Å². The molecule has 3 N–H and O–H groups in total. The molecule has 0 aliphatic rings. The highest BCUT2D eigenvalue weighted by atomic mass is 32.2. The summed E-state index contributed by atoms with van der Waals surface area (Å²) in [5.41, 5.74) is -0.995. The number of halogens is 2. The topological polar surface area (TPSA) is 130 Å². The van der Waals surface area contributed by atoms with Gasteiger partial charge in [-0.3, -0.25) is 9.52 Å². The lowest BCUT2D eigenvalue weighted by Crippen LogP contribution is -2.16. The Morgan fingerprint density at radius 2 is 1.79 bits per heavy atom. The van der Waals surface area contributed by atoms with Gasteiger partial charge in [0.05, 0.1) is 22.8 Å². The van der Waals surface area contributed by atoms with Gasteiger partial charge in [0.25, 0.3) is 10.0 Å². The maximum atomic E-state index is 14.1. The van der Waals surface area contributed by atoms with Crippen LogP contribution in [0.5, 0.6) is 5.75 Å². The van der Waals surface area contributed by atoms with Crippen LogP contribution in [0.25, 0.3) is 0 Å². The van der Waals surface area contributed by atoms with Gasteiger partial charge in [-0.15, -0.1) is 0 Å². The van der Waals surface area contributed by atoms with Crippen LogP contribution in [0, 0.1) is 11.6 Å². The second-order valence-corrected chi connectivity index (χ2v) is 7.22. The van der Waals surface area contributed by atoms with E-state index in [1.54, 1.807) is 0 Å². The van der Waals surface area contributed by atoms with E-state index in [1.807, 2.05) is 4.72 Å². The van der Waals surface area contributed by atoms with Gasteiger partial charge >= 0.3 is 11.9 Å². The Bertz CT molecular complexity index is 1010. The number of sulfonamides is 1. The van der Waals surface area contributed by atoms with Crippen molar-refractivity contribution in [1.82, 2.24) is 0 Å². The predicted octanol–water partition coefficient (Wildman–Crippen LogP) is 2.71. The third-order valence-electron chi connectivity index (χ3n) is 3.46. The molecule has 0 atom stereocenters. The maximum Gasteiger partial charge on any atom is 0.337 e. The molecule has 0 amide bonds. The summed E-state index contributed by atoms with van der Waals surface area (Å²) in [6.45, 7) is -0.0783. The Kier molecular flexibility index (Phi) is 6.52. The molecule has 0 heterocycles. The Hall–Kier alpha value is -3.21. The molecule has 150 valence electrons. The standard InChI is InChI=1S/C17H15F2NO7S/c18-10-3-5-14(12(8-10)17(23)24)20-28(25,26)11-4-6-15(13(19)9-11)27-7-1-2-16(21)22/h3-6,8-9,20H,1-2,7H2,(H,21,22)(H,23,24). The molecule has 11 heteroatoms. The quantitative estimate of drug-likeness (QED) is 0.537. The second kappa shape index (κ2) is 8.65. The van der Waals surface area contributed by atoms with Crippen molar-refractivity contribution in [2.45, 2.75) is 17.7 Å². The molecule has 0 aromatic heterocycles. The van der Waals surface area contributed by atoms with E-state index < -0.39 is 44.1 Å². The summed E-state index contributed by atoms with van der Waals surface area (Å²) in [5, 5.41) is 17.6. The first-order chi connectivity index (χ1) is 13.1. The van der Waals surface area contributed by atoms with Crippen molar-refractivity contribution in [3.8, 4) is 5.75 Å². The molecule has 28 heavy (non-hydrogen) atoms. The van der Waals surface area contributed by atoms with E-state index in [9.17, 15) is 26.8 Å². The van der Waals surface area contributed by atoms with Gasteiger partial charge in [-0.2, -0.15) is 0 Å². The summed E-state index contributed by atoms with van der Waals surface area (Å²) in [6.07, 6.45) is -0.0273. The first-order valence-corrected chi connectivity index (χ1v) is 9.28. The van der Waals surface area contributed by atoms with Crippen LogP contribution < -0.4 is 9.46 Å². The summed E-state index contributed by atoms with van der Waals surface area (Å²) < 4.78 is 59.1. The molecule has 2 aromatic carbocycles. The number of carboxylic acid groups (broad SMARTS) is 2. The highest BCUT2D eigenvalue weighted by Gasteiger charge is 2.21. The zero-order chi connectivity index (χ0) is 20.9. The smallest absolute Gasteiger partial charge is 0.337 e. The number of carboxylic acids is 2. The molecule has 0 radical (unpaired) electrons. The summed E-state index contributed by atoms with van der Waals surface area (Å²) >= 11 is 0. The molecule has 0 saturated heterocycles. The van der Waals surface area contributed by atoms with Gasteiger partial charge < -0.3 is 14.9 Å². The lowest BCUT2D eigenvalue weighted by atomic mass is 10.2. The maximum absolute atomic E-state index is 14.1. The van der Waals surface area contributed by atoms with Gasteiger partial charge in [0.2, 0.25) is 0 Å². The minimum absolute atomic E-state index is 0.0783. The number of anilines is 1. The van der Waals surface area contributed by atoms with Crippen LogP contribution in [0.3, 0.4) is 0 Å². The van der Waals surface area contributed by atoms with Crippen LogP contribution in [0.4, 0.5) is 14.5 Å². The van der Waals surface area contributed by atoms with E-state index in [2.05, 4.69) is 0 Å². The minimum Gasteiger partial charge on any atom is -0.491 e. The molecule has 0 saturated carbocycles. The van der Waals surface area contributed by atoms with Crippen molar-refractivity contribution in [2.75, 3.05) is 11.3 Å². The number of ether oxygens (including phenoxy) is 1. The average molecular weight is 415 g/mol. The molecule has 0 bridgehead atoms. The minimum atomic E-state index is -4.37. The lowest BCUT2D eigenvalue weighted by molar-refractivity contribution is -0.137. The molecule has 0 fully saturated rings. The van der Waals surface area contributed by atoms with E-state index in [0.29, 0.717) is 12.1 Å². The van der Waals surface area contributed by atoms with E-state index in [0.717, 1.165) is 24.3 Å². The van der Waals surface area contributed by atoms with E-state index in [1.165, 1.54) is 0 Å². The fourth-order valence-corrected chi connectivity index (χ4v) is 3.25. The zero-order valence-electron chi connectivity index (χ0n) is 14.2. The number of carbonyl (C=O) groups is 2. The third kappa shape index (κ3) is 5.39. The monoisotopic (exact) mass is 415 g/mol. The van der Waals surface area contributed by atoms with Crippen LogP contribution in [-0.4, -0.2) is 37.2 Å². The molecule has 2 rings (SSSR count). The highest BCUT2D eigenvalue weighted by molar-refractivity contribution is 7.92. The summed E-state index contributed by atoms with van der Waals surface area (Å²) in [7, 11) is -4.37. The largest absolute Gasteiger partial charge is 0.491 e. The Morgan fingerprint density at radius 1 is 1.07 bits per heavy atom. The number of rotatable bonds is 9. The third-order valence-corrected chi connectivity index (χ3v) is 4.83. The molecule has 2 aromatic rings. The Labute approximate surface area is 158 Å². The van der Waals surface area contributed by atoms with E-state index >= 15 is 0 Å². The number of aliphatic carboxylic acids is 1. The molecule has 0 aliphatic heterocycles. The van der Waals surface area contributed by atoms with E-state index in [4.69, 9.17) is 14.9 Å². The average Bonchev–Trinajstić information content (AvgIpc) is 2.60. The van der Waals surface area contributed by atoms with Crippen LogP contribution in [-0.2, 0) is 14.8 Å². The van der Waals surface area contributed by atoms with Crippen LogP contribution in [0.1, 0.15) is 23.2 Å². The van der Waals surface area contributed by atoms with Crippen molar-refractivity contribution in [3.05, 3.63) is 53.6 Å². The van der Waals surface area contributed by atoms with Gasteiger partial charge in [0, 0.05) is 6.42 Å². The van der Waals surface area contributed by atoms with Gasteiger partial charge in [-0.05, 0) is 42.8 Å². The second-order valence-electron chi connectivity index (χ2n) is 5.54. The Morgan fingerprint density at radius 3 is 2.39 bits per heavy atom. The molecule has 0 aliphatic carbocycles. The predicted molar refractivity (Wildman–Crippen MR) is 92.9 cm³/mol. The van der Waals surface area contributed by atoms with Gasteiger partial charge in [-0.1, -0.05) is 0 Å². The van der Waals surface area contributed by atoms with E-state index in [-0.39, 0.29) is 30.9 Å². The number of benzene rings is 2. The fourth-order valence-electron chi connectivity index (χ4n) is 2.16. The number of hydrogen-bond acceptors (Lipinski definition) is 5. The normalized spacial score (nSPS) is 11.1. The summed E-state index contributed by atoms with van der Waals surface area (Å²) in [5.74, 6) is -4.71. The molecule has 0 unspecified atom stereocenters. The highest BCUT2D eigenvalue weighted by Crippen LogP contribution is 2.25. The summed E-state index contributed by atoms with van der Waals surface area (Å²) in [4.78, 5) is 21.0. The van der Waals surface area contributed by atoms with Gasteiger partial charge in [-0.25, -0.2) is 22.0 Å². The molecule has 8 nitrogen and oxygen atoms in total. The zero-order valence-corrected chi connectivity index (χ0v) is 15.0. The molecular weight excluding hydrogens is 400 g/mol. The number of nitrogens with one attached hydrogen (secondary N) is 1. The molecule has 0 spiro atoms. The Balaban J connectivity index is 2.19. The first kappa shape index (κ1) is 21.1. The van der Waals surface area contributed by atoms with Crippen molar-refractivity contribution in [1.29, 1.82) is 0 Å². The van der Waals surface area contributed by atoms with Gasteiger partial charge in [0.15, 0.2) is 11.6 Å². The number of hydrogen-bond donors (Lipinski definition) is 3. The lowest BCUT2D eigenvalue weighted by Gasteiger charge is -2.12. The van der Waals surface area contributed by atoms with Gasteiger partial charge in [0.1, 0.15) is 5.82 Å². The first-order valence-electron chi connectivity index (χ1n) is 7.80. The van der Waals surface area contributed by atoms with Crippen LogP contribution >= 0.6 is 0 Å². The number of aromatic carboxylic acids is 1.